The zero-order valence-electron chi connectivity index (χ0n) is 20.1. The number of rotatable bonds is 7. The number of pyridine rings is 1. The largest absolute Gasteiger partial charge is 0.460 e. The van der Waals surface area contributed by atoms with Crippen LogP contribution in [-0.4, -0.2) is 49.6 Å². The van der Waals surface area contributed by atoms with Crippen LogP contribution >= 0.6 is 0 Å². The number of halogens is 3. The first-order valence-corrected chi connectivity index (χ1v) is 11.7. The highest BCUT2D eigenvalue weighted by molar-refractivity contribution is 5.96. The predicted octanol–water partition coefficient (Wildman–Crippen LogP) is 3.97. The smallest absolute Gasteiger partial charge is 0.437 e. The fraction of sp³-hybridized carbons (Fsp3) is 0.280. The van der Waals surface area contributed by atoms with Gasteiger partial charge in [-0.2, -0.15) is 13.2 Å². The molecule has 0 saturated carbocycles. The van der Waals surface area contributed by atoms with Crippen LogP contribution in [0, 0.1) is 0 Å². The number of Topliss-reactive ketones (excluding diaryl/α,β-unsaturated/α-hetero) is 1. The van der Waals surface area contributed by atoms with Gasteiger partial charge in [-0.1, -0.05) is 24.3 Å². The number of alkyl halides is 3. The van der Waals surface area contributed by atoms with Gasteiger partial charge in [0, 0.05) is 31.3 Å². The summed E-state index contributed by atoms with van der Waals surface area (Å²) in [7, 11) is 0. The fourth-order valence-corrected chi connectivity index (χ4v) is 4.08. The van der Waals surface area contributed by atoms with Crippen LogP contribution in [0.25, 0.3) is 11.5 Å². The van der Waals surface area contributed by atoms with E-state index in [1.165, 1.54) is 6.20 Å². The summed E-state index contributed by atoms with van der Waals surface area (Å²) in [5.41, 5.74) is -0.616. The van der Waals surface area contributed by atoms with Crippen molar-refractivity contribution in [3.63, 3.8) is 0 Å². The maximum Gasteiger partial charge on any atom is 0.437 e. The quantitative estimate of drug-likeness (QED) is 0.261. The van der Waals surface area contributed by atoms with Crippen molar-refractivity contribution in [1.82, 2.24) is 24.7 Å². The van der Waals surface area contributed by atoms with Crippen LogP contribution in [0.15, 0.2) is 53.1 Å². The van der Waals surface area contributed by atoms with Crippen molar-refractivity contribution in [1.29, 1.82) is 0 Å². The normalized spacial score (nSPS) is 13.3. The van der Waals surface area contributed by atoms with Crippen LogP contribution in [0.2, 0.25) is 0 Å². The van der Waals surface area contributed by atoms with E-state index < -0.39 is 29.4 Å². The lowest BCUT2D eigenvalue weighted by molar-refractivity contribution is -0.141. The molecule has 1 aliphatic rings. The Morgan fingerprint density at radius 2 is 1.87 bits per heavy atom. The molecule has 4 heterocycles. The Balaban J connectivity index is 1.30. The second-order valence-corrected chi connectivity index (χ2v) is 8.42. The number of anilines is 1. The molecule has 0 fully saturated rings. The summed E-state index contributed by atoms with van der Waals surface area (Å²) in [4.78, 5) is 34.7. The van der Waals surface area contributed by atoms with Gasteiger partial charge < -0.3 is 18.6 Å². The molecule has 0 amide bonds. The number of aromatic nitrogens is 5. The monoisotopic (exact) mass is 526 g/mol. The average molecular weight is 526 g/mol. The van der Waals surface area contributed by atoms with Gasteiger partial charge in [0.25, 0.3) is 0 Å². The Morgan fingerprint density at radius 1 is 1.08 bits per heavy atom. The van der Waals surface area contributed by atoms with Crippen LogP contribution in [0.3, 0.4) is 0 Å². The van der Waals surface area contributed by atoms with Gasteiger partial charge in [0.05, 0.1) is 13.2 Å². The molecule has 0 aliphatic carbocycles. The zero-order chi connectivity index (χ0) is 26.9. The average Bonchev–Trinajstić information content (AvgIpc) is 3.55. The Kier molecular flexibility index (Phi) is 6.66. The molecule has 0 bridgehead atoms. The second kappa shape index (κ2) is 10.1. The highest BCUT2D eigenvalue weighted by atomic mass is 19.4. The first-order valence-electron chi connectivity index (χ1n) is 11.7. The van der Waals surface area contributed by atoms with Gasteiger partial charge in [0.15, 0.2) is 11.5 Å². The summed E-state index contributed by atoms with van der Waals surface area (Å²) >= 11 is 0. The first-order chi connectivity index (χ1) is 18.2. The van der Waals surface area contributed by atoms with Crippen LogP contribution in [-0.2, 0) is 30.4 Å². The zero-order valence-corrected chi connectivity index (χ0v) is 20.1. The van der Waals surface area contributed by atoms with E-state index in [-0.39, 0.29) is 24.7 Å². The summed E-state index contributed by atoms with van der Waals surface area (Å²) < 4.78 is 52.8. The molecule has 0 unspecified atom stereocenters. The van der Waals surface area contributed by atoms with Crippen molar-refractivity contribution in [3.8, 4) is 11.5 Å². The molecule has 10 nitrogen and oxygen atoms in total. The van der Waals surface area contributed by atoms with E-state index in [1.807, 2.05) is 4.90 Å². The van der Waals surface area contributed by atoms with E-state index in [0.717, 1.165) is 0 Å². The van der Waals surface area contributed by atoms with E-state index in [1.54, 1.807) is 54.0 Å². The molecule has 3 aromatic heterocycles. The van der Waals surface area contributed by atoms with Crippen LogP contribution < -0.4 is 4.90 Å². The van der Waals surface area contributed by atoms with Crippen LogP contribution in [0.4, 0.5) is 19.0 Å². The highest BCUT2D eigenvalue weighted by Gasteiger charge is 2.41. The van der Waals surface area contributed by atoms with Crippen molar-refractivity contribution >= 4 is 17.6 Å². The van der Waals surface area contributed by atoms with Crippen molar-refractivity contribution in [2.45, 2.75) is 32.6 Å². The molecule has 38 heavy (non-hydrogen) atoms. The van der Waals surface area contributed by atoms with Gasteiger partial charge in [0.2, 0.25) is 23.3 Å². The maximum atomic E-state index is 13.6. The molecule has 0 saturated heterocycles. The molecule has 0 atom stereocenters. The van der Waals surface area contributed by atoms with Crippen molar-refractivity contribution in [3.05, 3.63) is 77.3 Å². The third-order valence-corrected chi connectivity index (χ3v) is 5.88. The summed E-state index contributed by atoms with van der Waals surface area (Å²) in [6.45, 7) is 3.23. The van der Waals surface area contributed by atoms with Gasteiger partial charge in [-0.25, -0.2) is 14.8 Å². The molecule has 0 spiro atoms. The number of carbonyl (C=O) groups is 2. The van der Waals surface area contributed by atoms with E-state index in [2.05, 4.69) is 20.2 Å². The number of benzene rings is 1. The molecule has 5 rings (SSSR count). The van der Waals surface area contributed by atoms with Gasteiger partial charge in [-0.15, -0.1) is 10.2 Å². The number of hydrogen-bond acceptors (Lipinski definition) is 9. The summed E-state index contributed by atoms with van der Waals surface area (Å²) in [6, 6.07) is 11.3. The van der Waals surface area contributed by atoms with E-state index >= 15 is 0 Å². The molecule has 0 N–H and O–H groups in total. The molecule has 196 valence electrons. The summed E-state index contributed by atoms with van der Waals surface area (Å²) in [5.74, 6) is -1.23. The second-order valence-electron chi connectivity index (χ2n) is 8.42. The molecule has 0 radical (unpaired) electrons. The van der Waals surface area contributed by atoms with Crippen molar-refractivity contribution < 1.29 is 31.9 Å². The maximum absolute atomic E-state index is 13.6. The van der Waals surface area contributed by atoms with Crippen molar-refractivity contribution in [2.24, 2.45) is 0 Å². The highest BCUT2D eigenvalue weighted by Crippen LogP contribution is 2.35. The molecule has 4 aromatic rings. The molecular formula is C25H21F3N6O4. The predicted molar refractivity (Wildman–Crippen MR) is 126 cm³/mol. The minimum Gasteiger partial charge on any atom is -0.460 e. The number of hydrogen-bond donors (Lipinski definition) is 0. The number of ether oxygens (including phenoxy) is 1. The Morgan fingerprint density at radius 3 is 2.55 bits per heavy atom. The number of carbonyl (C=O) groups excluding carboxylic acids is 2. The van der Waals surface area contributed by atoms with Crippen molar-refractivity contribution in [2.75, 3.05) is 18.1 Å². The minimum atomic E-state index is -4.86. The number of fused-ring (bicyclic) bond motifs is 1. The van der Waals surface area contributed by atoms with Crippen LogP contribution in [0.1, 0.15) is 45.2 Å². The fourth-order valence-electron chi connectivity index (χ4n) is 4.08. The minimum absolute atomic E-state index is 0.143. The van der Waals surface area contributed by atoms with E-state index in [0.29, 0.717) is 42.4 Å². The van der Waals surface area contributed by atoms with Gasteiger partial charge in [-0.05, 0) is 30.7 Å². The number of ketones is 1. The van der Waals surface area contributed by atoms with Gasteiger partial charge >= 0.3 is 12.1 Å². The Bertz CT molecular complexity index is 1460. The third kappa shape index (κ3) is 4.99. The Labute approximate surface area is 214 Å². The topological polar surface area (TPSA) is 116 Å². The number of esters is 1. The van der Waals surface area contributed by atoms with Gasteiger partial charge in [-0.3, -0.25) is 4.79 Å². The van der Waals surface area contributed by atoms with E-state index in [4.69, 9.17) is 9.15 Å². The number of nitrogens with zero attached hydrogens (tertiary/aromatic N) is 6. The Hall–Kier alpha value is -4.55. The van der Waals surface area contributed by atoms with Crippen LogP contribution in [0.5, 0.6) is 0 Å². The number of oxazole rings is 1. The summed E-state index contributed by atoms with van der Waals surface area (Å²) in [5, 5.41) is 7.99. The lowest BCUT2D eigenvalue weighted by atomic mass is 10.1. The molecule has 1 aliphatic heterocycles. The lowest BCUT2D eigenvalue weighted by Gasteiger charge is -2.28. The lowest BCUT2D eigenvalue weighted by Crippen LogP contribution is -2.35. The third-order valence-electron chi connectivity index (χ3n) is 5.88. The van der Waals surface area contributed by atoms with E-state index in [9.17, 15) is 22.8 Å². The molecule has 13 heteroatoms. The summed E-state index contributed by atoms with van der Waals surface area (Å²) in [6.07, 6.45) is -3.78. The SMILES string of the molecule is CCOC(=O)c1nnc2n1CCN(c1ccc(CC(=O)c3oc(-c4ccccc4)nc3C(F)(F)F)cn1)C2. The standard InChI is InChI=1S/C25H21F3N6O4/c1-2-37-24(36)22-32-31-19-14-33(10-11-34(19)22)18-9-8-15(13-29-18)12-17(35)20-21(25(26,27)28)30-23(38-20)16-6-4-3-5-7-16/h3-9,13H,2,10-12,14H2,1H3. The van der Waals surface area contributed by atoms with Gasteiger partial charge in [0.1, 0.15) is 5.82 Å². The molecular weight excluding hydrogens is 505 g/mol. The first kappa shape index (κ1) is 25.1. The molecule has 1 aromatic carbocycles.